The molecule has 0 atom stereocenters. The Morgan fingerprint density at radius 2 is 1.79 bits per heavy atom. The number of hydrogen-bond donors (Lipinski definition) is 1. The van der Waals surface area contributed by atoms with Crippen LogP contribution in [0.2, 0.25) is 0 Å². The van der Waals surface area contributed by atoms with Gasteiger partial charge in [-0.15, -0.1) is 0 Å². The SMILES string of the molecule is CC(C)(C)OC(=O)NC1CC1.Cc1ccc(Br)cc1. The zero-order valence-electron chi connectivity index (χ0n) is 12.0. The van der Waals surface area contributed by atoms with Gasteiger partial charge in [-0.3, -0.25) is 0 Å². The van der Waals surface area contributed by atoms with Crippen LogP contribution < -0.4 is 5.32 Å². The van der Waals surface area contributed by atoms with E-state index in [-0.39, 0.29) is 11.7 Å². The molecule has 0 aliphatic heterocycles. The van der Waals surface area contributed by atoms with Crippen molar-refractivity contribution in [3.8, 4) is 0 Å². The van der Waals surface area contributed by atoms with E-state index in [9.17, 15) is 4.79 Å². The Labute approximate surface area is 123 Å². The predicted octanol–water partition coefficient (Wildman–Crippen LogP) is 4.43. The second-order valence-corrected chi connectivity index (χ2v) is 6.63. The lowest BCUT2D eigenvalue weighted by Crippen LogP contribution is -2.33. The second-order valence-electron chi connectivity index (χ2n) is 5.72. The zero-order valence-corrected chi connectivity index (χ0v) is 13.6. The van der Waals surface area contributed by atoms with Gasteiger partial charge in [0.1, 0.15) is 5.60 Å². The van der Waals surface area contributed by atoms with Gasteiger partial charge in [-0.25, -0.2) is 4.79 Å². The molecule has 3 nitrogen and oxygen atoms in total. The Kier molecular flexibility index (Phi) is 5.85. The first kappa shape index (κ1) is 16.0. The Balaban J connectivity index is 0.000000200. The number of carbonyl (C=O) groups excluding carboxylic acids is 1. The topological polar surface area (TPSA) is 38.3 Å². The van der Waals surface area contributed by atoms with Gasteiger partial charge in [0.2, 0.25) is 0 Å². The molecule has 0 aromatic heterocycles. The van der Waals surface area contributed by atoms with Crippen LogP contribution in [0.3, 0.4) is 0 Å². The summed E-state index contributed by atoms with van der Waals surface area (Å²) in [5.74, 6) is 0. The molecule has 1 N–H and O–H groups in total. The maximum absolute atomic E-state index is 11.0. The number of ether oxygens (including phenoxy) is 1. The van der Waals surface area contributed by atoms with Crippen molar-refractivity contribution in [2.75, 3.05) is 0 Å². The van der Waals surface area contributed by atoms with Gasteiger partial charge in [0, 0.05) is 10.5 Å². The maximum atomic E-state index is 11.0. The lowest BCUT2D eigenvalue weighted by atomic mass is 10.2. The smallest absolute Gasteiger partial charge is 0.407 e. The fraction of sp³-hybridized carbons (Fsp3) is 0.533. The van der Waals surface area contributed by atoms with Crippen LogP contribution in [0.25, 0.3) is 0 Å². The third kappa shape index (κ3) is 8.65. The first-order chi connectivity index (χ1) is 8.76. The molecule has 1 aromatic carbocycles. The van der Waals surface area contributed by atoms with E-state index >= 15 is 0 Å². The van der Waals surface area contributed by atoms with Crippen molar-refractivity contribution in [1.29, 1.82) is 0 Å². The van der Waals surface area contributed by atoms with Crippen molar-refractivity contribution in [3.63, 3.8) is 0 Å². The molecule has 106 valence electrons. The highest BCUT2D eigenvalue weighted by molar-refractivity contribution is 9.10. The van der Waals surface area contributed by atoms with E-state index in [0.717, 1.165) is 17.3 Å². The summed E-state index contributed by atoms with van der Waals surface area (Å²) >= 11 is 3.35. The van der Waals surface area contributed by atoms with Crippen LogP contribution in [0.15, 0.2) is 28.7 Å². The molecular weight excluding hydrogens is 306 g/mol. The summed E-state index contributed by atoms with van der Waals surface area (Å²) in [6.45, 7) is 7.66. The highest BCUT2D eigenvalue weighted by Crippen LogP contribution is 2.19. The van der Waals surface area contributed by atoms with E-state index in [4.69, 9.17) is 4.74 Å². The highest BCUT2D eigenvalue weighted by Gasteiger charge is 2.25. The average molecular weight is 328 g/mol. The zero-order chi connectivity index (χ0) is 14.5. The van der Waals surface area contributed by atoms with Crippen LogP contribution in [0.1, 0.15) is 39.2 Å². The summed E-state index contributed by atoms with van der Waals surface area (Å²) in [6.07, 6.45) is 1.90. The van der Waals surface area contributed by atoms with Gasteiger partial charge in [0.05, 0.1) is 0 Å². The molecule has 1 saturated carbocycles. The monoisotopic (exact) mass is 327 g/mol. The molecule has 0 heterocycles. The van der Waals surface area contributed by atoms with Crippen molar-refractivity contribution in [2.24, 2.45) is 0 Å². The Bertz CT molecular complexity index is 384. The molecule has 1 aromatic rings. The summed E-state index contributed by atoms with van der Waals surface area (Å²) in [4.78, 5) is 11.0. The lowest BCUT2D eigenvalue weighted by molar-refractivity contribution is 0.0524. The van der Waals surface area contributed by atoms with Gasteiger partial charge >= 0.3 is 6.09 Å². The Morgan fingerprint density at radius 1 is 1.26 bits per heavy atom. The molecular formula is C15H22BrNO2. The third-order valence-electron chi connectivity index (χ3n) is 2.31. The summed E-state index contributed by atoms with van der Waals surface area (Å²) in [6, 6.07) is 8.60. The van der Waals surface area contributed by atoms with Gasteiger partial charge in [-0.2, -0.15) is 0 Å². The summed E-state index contributed by atoms with van der Waals surface area (Å²) in [7, 11) is 0. The van der Waals surface area contributed by atoms with Gasteiger partial charge in [-0.05, 0) is 52.7 Å². The summed E-state index contributed by atoms with van der Waals surface area (Å²) in [5, 5.41) is 2.75. The van der Waals surface area contributed by atoms with Crippen molar-refractivity contribution >= 4 is 22.0 Å². The molecule has 1 amide bonds. The number of nitrogens with one attached hydrogen (secondary N) is 1. The molecule has 0 bridgehead atoms. The van der Waals surface area contributed by atoms with E-state index in [1.165, 1.54) is 5.56 Å². The number of alkyl carbamates (subject to hydrolysis) is 1. The summed E-state index contributed by atoms with van der Waals surface area (Å²) < 4.78 is 6.18. The van der Waals surface area contributed by atoms with Crippen LogP contribution in [-0.2, 0) is 4.74 Å². The molecule has 19 heavy (non-hydrogen) atoms. The van der Waals surface area contributed by atoms with Gasteiger partial charge < -0.3 is 10.1 Å². The van der Waals surface area contributed by atoms with Crippen LogP contribution in [-0.4, -0.2) is 17.7 Å². The minimum Gasteiger partial charge on any atom is -0.444 e. The number of rotatable bonds is 1. The van der Waals surface area contributed by atoms with E-state index in [0.29, 0.717) is 6.04 Å². The molecule has 1 aliphatic carbocycles. The number of hydrogen-bond acceptors (Lipinski definition) is 2. The second kappa shape index (κ2) is 6.94. The molecule has 1 fully saturated rings. The first-order valence-corrected chi connectivity index (χ1v) is 7.27. The molecule has 0 radical (unpaired) electrons. The van der Waals surface area contributed by atoms with Crippen LogP contribution in [0.5, 0.6) is 0 Å². The number of amides is 1. The molecule has 0 unspecified atom stereocenters. The number of halogens is 1. The molecule has 0 saturated heterocycles. The highest BCUT2D eigenvalue weighted by atomic mass is 79.9. The normalized spacial score (nSPS) is 14.2. The standard InChI is InChI=1S/C8H15NO2.C7H7Br/c1-8(2,3)11-7(10)9-6-4-5-6;1-6-2-4-7(8)5-3-6/h6H,4-5H2,1-3H3,(H,9,10);2-5H,1H3. The fourth-order valence-corrected chi connectivity index (χ4v) is 1.50. The minimum atomic E-state index is -0.376. The molecule has 0 spiro atoms. The lowest BCUT2D eigenvalue weighted by Gasteiger charge is -2.19. The fourth-order valence-electron chi connectivity index (χ4n) is 1.24. The van der Waals surface area contributed by atoms with Crippen LogP contribution in [0, 0.1) is 6.92 Å². The maximum Gasteiger partial charge on any atom is 0.407 e. The van der Waals surface area contributed by atoms with Crippen molar-refractivity contribution in [1.82, 2.24) is 5.32 Å². The van der Waals surface area contributed by atoms with Crippen molar-refractivity contribution in [2.45, 2.75) is 52.2 Å². The quantitative estimate of drug-likeness (QED) is 0.828. The third-order valence-corrected chi connectivity index (χ3v) is 2.84. The van der Waals surface area contributed by atoms with Gasteiger partial charge in [-0.1, -0.05) is 33.6 Å². The summed E-state index contributed by atoms with van der Waals surface area (Å²) in [5.41, 5.74) is 0.923. The molecule has 1 aliphatic rings. The van der Waals surface area contributed by atoms with Gasteiger partial charge in [0.15, 0.2) is 0 Å². The minimum absolute atomic E-state index is 0.292. The van der Waals surface area contributed by atoms with Crippen molar-refractivity contribution in [3.05, 3.63) is 34.3 Å². The Hall–Kier alpha value is -1.03. The number of carbonyl (C=O) groups is 1. The van der Waals surface area contributed by atoms with E-state index in [2.05, 4.69) is 40.3 Å². The van der Waals surface area contributed by atoms with E-state index in [1.54, 1.807) is 0 Å². The van der Waals surface area contributed by atoms with Crippen LogP contribution in [0.4, 0.5) is 4.79 Å². The average Bonchev–Trinajstić information content (AvgIpc) is 3.04. The van der Waals surface area contributed by atoms with E-state index < -0.39 is 0 Å². The number of aryl methyl sites for hydroxylation is 1. The van der Waals surface area contributed by atoms with Gasteiger partial charge in [0.25, 0.3) is 0 Å². The largest absolute Gasteiger partial charge is 0.444 e. The number of benzene rings is 1. The van der Waals surface area contributed by atoms with Crippen LogP contribution >= 0.6 is 15.9 Å². The first-order valence-electron chi connectivity index (χ1n) is 6.48. The predicted molar refractivity (Wildman–Crippen MR) is 81.3 cm³/mol. The molecule has 4 heteroatoms. The van der Waals surface area contributed by atoms with Crippen molar-refractivity contribution < 1.29 is 9.53 Å². The Morgan fingerprint density at radius 3 is 2.16 bits per heavy atom. The van der Waals surface area contributed by atoms with E-state index in [1.807, 2.05) is 32.9 Å². The molecule has 2 rings (SSSR count).